The van der Waals surface area contributed by atoms with Gasteiger partial charge in [0, 0.05) is 18.5 Å². The largest absolute Gasteiger partial charge is 0.409 e. The van der Waals surface area contributed by atoms with Crippen LogP contribution < -0.4 is 5.73 Å². The van der Waals surface area contributed by atoms with Crippen molar-refractivity contribution in [2.75, 3.05) is 0 Å². The topological polar surface area (TPSA) is 88.8 Å². The predicted octanol–water partition coefficient (Wildman–Crippen LogP) is 0.327. The maximum absolute atomic E-state index is 8.43. The lowest BCUT2D eigenvalue weighted by Crippen LogP contribution is -2.14. The summed E-state index contributed by atoms with van der Waals surface area (Å²) in [6.45, 7) is 1.94. The van der Waals surface area contributed by atoms with Gasteiger partial charge in [-0.15, -0.1) is 0 Å². The number of hydrogen-bond donors (Lipinski definition) is 2. The number of oxime groups is 1. The highest BCUT2D eigenvalue weighted by molar-refractivity contribution is 5.81. The molecule has 0 saturated heterocycles. The van der Waals surface area contributed by atoms with Crippen LogP contribution in [0.4, 0.5) is 0 Å². The number of nitrogens with zero attached hydrogens (tertiary/aromatic N) is 4. The molecule has 3 N–H and O–H groups in total. The molecule has 78 valence electrons. The Kier molecular flexibility index (Phi) is 2.24. The van der Waals surface area contributed by atoms with E-state index in [1.54, 1.807) is 16.8 Å². The highest BCUT2D eigenvalue weighted by Gasteiger charge is 2.04. The van der Waals surface area contributed by atoms with Gasteiger partial charge in [0.2, 0.25) is 0 Å². The van der Waals surface area contributed by atoms with Crippen molar-refractivity contribution in [3.05, 3.63) is 29.7 Å². The molecule has 0 atom stereocenters. The van der Waals surface area contributed by atoms with Crippen LogP contribution in [0.2, 0.25) is 0 Å². The molecule has 0 unspecified atom stereocenters. The Hall–Kier alpha value is -2.11. The normalized spacial score (nSPS) is 12.2. The third kappa shape index (κ3) is 1.88. The zero-order valence-electron chi connectivity index (χ0n) is 8.25. The Morgan fingerprint density at radius 3 is 3.20 bits per heavy atom. The molecule has 0 amide bonds. The zero-order chi connectivity index (χ0) is 10.8. The number of aromatic nitrogens is 3. The predicted molar refractivity (Wildman–Crippen MR) is 54.8 cm³/mol. The van der Waals surface area contributed by atoms with E-state index in [9.17, 15) is 0 Å². The minimum atomic E-state index is 0.134. The van der Waals surface area contributed by atoms with E-state index >= 15 is 0 Å². The van der Waals surface area contributed by atoms with E-state index in [0.717, 1.165) is 16.9 Å². The number of rotatable bonds is 2. The van der Waals surface area contributed by atoms with Crippen LogP contribution in [0.3, 0.4) is 0 Å². The highest BCUT2D eigenvalue weighted by Crippen LogP contribution is 2.05. The van der Waals surface area contributed by atoms with E-state index in [0.29, 0.717) is 6.42 Å². The van der Waals surface area contributed by atoms with Gasteiger partial charge in [-0.3, -0.25) is 0 Å². The third-order valence-electron chi connectivity index (χ3n) is 1.98. The van der Waals surface area contributed by atoms with Gasteiger partial charge in [0.15, 0.2) is 5.65 Å². The first-order valence-corrected chi connectivity index (χ1v) is 4.46. The Labute approximate surface area is 86.0 Å². The zero-order valence-corrected chi connectivity index (χ0v) is 8.25. The molecule has 15 heavy (non-hydrogen) atoms. The molecule has 2 rings (SSSR count). The first-order chi connectivity index (χ1) is 7.19. The van der Waals surface area contributed by atoms with E-state index < -0.39 is 0 Å². The van der Waals surface area contributed by atoms with Gasteiger partial charge < -0.3 is 10.9 Å². The molecule has 0 aliphatic carbocycles. The molecule has 2 heterocycles. The van der Waals surface area contributed by atoms with Gasteiger partial charge in [-0.2, -0.15) is 5.10 Å². The van der Waals surface area contributed by atoms with Gasteiger partial charge in [-0.1, -0.05) is 5.16 Å². The fraction of sp³-hybridized carbons (Fsp3) is 0.222. The standard InChI is InChI=1S/C9H11N5O/c1-6-4-11-9-3-7(2-8(10)13-15)12-14(9)5-6/h3-5,15H,2H2,1H3,(H2,10,13). The number of aryl methyl sites for hydroxylation is 1. The fourth-order valence-corrected chi connectivity index (χ4v) is 1.33. The van der Waals surface area contributed by atoms with Gasteiger partial charge in [-0.25, -0.2) is 9.50 Å². The summed E-state index contributed by atoms with van der Waals surface area (Å²) in [6, 6.07) is 1.80. The maximum atomic E-state index is 8.43. The monoisotopic (exact) mass is 205 g/mol. The summed E-state index contributed by atoms with van der Waals surface area (Å²) in [4.78, 5) is 4.19. The lowest BCUT2D eigenvalue weighted by atomic mass is 10.3. The molecular formula is C9H11N5O. The molecule has 0 fully saturated rings. The lowest BCUT2D eigenvalue weighted by molar-refractivity contribution is 0.317. The SMILES string of the molecule is Cc1cnc2cc(C/C(N)=N/O)nn2c1. The van der Waals surface area contributed by atoms with Crippen LogP contribution in [0.1, 0.15) is 11.3 Å². The van der Waals surface area contributed by atoms with Crippen molar-refractivity contribution in [2.24, 2.45) is 10.9 Å². The maximum Gasteiger partial charge on any atom is 0.155 e. The summed E-state index contributed by atoms with van der Waals surface area (Å²) in [5, 5.41) is 15.6. The van der Waals surface area contributed by atoms with Crippen molar-refractivity contribution in [1.29, 1.82) is 0 Å². The van der Waals surface area contributed by atoms with Crippen molar-refractivity contribution in [2.45, 2.75) is 13.3 Å². The molecule has 0 aliphatic rings. The van der Waals surface area contributed by atoms with Gasteiger partial charge in [0.05, 0.1) is 12.1 Å². The third-order valence-corrected chi connectivity index (χ3v) is 1.98. The quantitative estimate of drug-likeness (QED) is 0.320. The van der Waals surface area contributed by atoms with Crippen molar-refractivity contribution < 1.29 is 5.21 Å². The van der Waals surface area contributed by atoms with Crippen molar-refractivity contribution in [3.8, 4) is 0 Å². The molecule has 0 aliphatic heterocycles. The Morgan fingerprint density at radius 1 is 1.67 bits per heavy atom. The Bertz CT molecular complexity index is 516. The van der Waals surface area contributed by atoms with Crippen LogP contribution in [0.25, 0.3) is 5.65 Å². The minimum Gasteiger partial charge on any atom is -0.409 e. The Morgan fingerprint density at radius 2 is 2.47 bits per heavy atom. The van der Waals surface area contributed by atoms with Gasteiger partial charge in [-0.05, 0) is 12.5 Å². The number of amidine groups is 1. The molecule has 0 bridgehead atoms. The fourth-order valence-electron chi connectivity index (χ4n) is 1.33. The first-order valence-electron chi connectivity index (χ1n) is 4.46. The number of nitrogens with two attached hydrogens (primary N) is 1. The van der Waals surface area contributed by atoms with Crippen molar-refractivity contribution in [3.63, 3.8) is 0 Å². The molecule has 6 heteroatoms. The molecule has 6 nitrogen and oxygen atoms in total. The van der Waals surface area contributed by atoms with Gasteiger partial charge in [0.1, 0.15) is 5.84 Å². The Balaban J connectivity index is 2.39. The van der Waals surface area contributed by atoms with E-state index in [1.165, 1.54) is 0 Å². The summed E-state index contributed by atoms with van der Waals surface area (Å²) in [7, 11) is 0. The van der Waals surface area contributed by atoms with Crippen LogP contribution in [0.5, 0.6) is 0 Å². The van der Waals surface area contributed by atoms with E-state index in [-0.39, 0.29) is 5.84 Å². The molecular weight excluding hydrogens is 194 g/mol. The summed E-state index contributed by atoms with van der Waals surface area (Å²) in [5.74, 6) is 0.134. The van der Waals surface area contributed by atoms with Crippen LogP contribution in [0.15, 0.2) is 23.6 Å². The lowest BCUT2D eigenvalue weighted by Gasteiger charge is -1.93. The highest BCUT2D eigenvalue weighted by atomic mass is 16.4. The average Bonchev–Trinajstić information content (AvgIpc) is 2.59. The molecule has 0 saturated carbocycles. The van der Waals surface area contributed by atoms with Gasteiger partial charge >= 0.3 is 0 Å². The molecule has 0 aromatic carbocycles. The molecule has 0 spiro atoms. The second-order valence-corrected chi connectivity index (χ2v) is 3.34. The summed E-state index contributed by atoms with van der Waals surface area (Å²) >= 11 is 0. The summed E-state index contributed by atoms with van der Waals surface area (Å²) < 4.78 is 1.68. The van der Waals surface area contributed by atoms with Crippen molar-refractivity contribution in [1.82, 2.24) is 14.6 Å². The number of fused-ring (bicyclic) bond motifs is 1. The first kappa shape index (κ1) is 9.45. The number of hydrogen-bond acceptors (Lipinski definition) is 4. The van der Waals surface area contributed by atoms with Gasteiger partial charge in [0.25, 0.3) is 0 Å². The molecule has 0 radical (unpaired) electrons. The average molecular weight is 205 g/mol. The van der Waals surface area contributed by atoms with Crippen LogP contribution in [-0.4, -0.2) is 25.6 Å². The summed E-state index contributed by atoms with van der Waals surface area (Å²) in [6.07, 6.45) is 3.96. The van der Waals surface area contributed by atoms with E-state index in [4.69, 9.17) is 10.9 Å². The van der Waals surface area contributed by atoms with Crippen molar-refractivity contribution >= 4 is 11.5 Å². The van der Waals surface area contributed by atoms with Crippen LogP contribution in [-0.2, 0) is 6.42 Å². The molecule has 2 aromatic heterocycles. The second kappa shape index (κ2) is 3.56. The molecule has 2 aromatic rings. The van der Waals surface area contributed by atoms with Crippen LogP contribution >= 0.6 is 0 Å². The van der Waals surface area contributed by atoms with E-state index in [2.05, 4.69) is 15.2 Å². The second-order valence-electron chi connectivity index (χ2n) is 3.34. The van der Waals surface area contributed by atoms with E-state index in [1.807, 2.05) is 13.1 Å². The van der Waals surface area contributed by atoms with Crippen LogP contribution in [0, 0.1) is 6.92 Å². The smallest absolute Gasteiger partial charge is 0.155 e. The minimum absolute atomic E-state index is 0.134. The summed E-state index contributed by atoms with van der Waals surface area (Å²) in [5.41, 5.74) is 7.89.